The number of rotatable bonds is 2. The molecule has 1 N–H and O–H groups in total. The second-order valence-corrected chi connectivity index (χ2v) is 6.79. The van der Waals surface area contributed by atoms with Crippen LogP contribution >= 0.6 is 23.8 Å². The van der Waals surface area contributed by atoms with Gasteiger partial charge in [0, 0.05) is 11.4 Å². The molecule has 1 aliphatic carbocycles. The molecule has 23 heavy (non-hydrogen) atoms. The van der Waals surface area contributed by atoms with Gasteiger partial charge in [-0.3, -0.25) is 0 Å². The van der Waals surface area contributed by atoms with Crippen LogP contribution < -0.4 is 10.1 Å². The number of fused-ring (bicyclic) bond motifs is 3. The lowest BCUT2D eigenvalue weighted by molar-refractivity contribution is 0.414. The molecule has 0 amide bonds. The van der Waals surface area contributed by atoms with Gasteiger partial charge in [0.25, 0.3) is 0 Å². The van der Waals surface area contributed by atoms with Crippen molar-refractivity contribution in [2.75, 3.05) is 7.11 Å². The van der Waals surface area contributed by atoms with Gasteiger partial charge in [-0.1, -0.05) is 42.0 Å². The highest BCUT2D eigenvalue weighted by Crippen LogP contribution is 2.48. The molecule has 1 fully saturated rings. The standard InChI is InChI=1S/C19H16ClNOS/c1-22-13-6-7-14-16(10-13)18(11-2-4-12(20)5-3-11)15-8-9-17(23)21-19(14)15/h2-7,10,19H,8-9H2,1H3,(H,21,23). The van der Waals surface area contributed by atoms with Gasteiger partial charge in [-0.25, -0.2) is 0 Å². The third-order valence-electron chi connectivity index (χ3n) is 4.57. The number of ether oxygens (including phenoxy) is 1. The van der Waals surface area contributed by atoms with E-state index in [1.807, 2.05) is 18.2 Å². The maximum absolute atomic E-state index is 6.06. The Kier molecular flexibility index (Phi) is 3.63. The van der Waals surface area contributed by atoms with Gasteiger partial charge < -0.3 is 10.1 Å². The third kappa shape index (κ3) is 2.44. The predicted molar refractivity (Wildman–Crippen MR) is 98.2 cm³/mol. The quantitative estimate of drug-likeness (QED) is 0.784. The molecule has 4 rings (SSSR count). The molecule has 1 unspecified atom stereocenters. The summed E-state index contributed by atoms with van der Waals surface area (Å²) in [6.07, 6.45) is 1.90. The fourth-order valence-corrected chi connectivity index (χ4v) is 3.85. The molecular formula is C19H16ClNOS. The number of hydrogen-bond acceptors (Lipinski definition) is 2. The molecule has 2 aliphatic rings. The highest BCUT2D eigenvalue weighted by atomic mass is 35.5. The topological polar surface area (TPSA) is 21.3 Å². The van der Waals surface area contributed by atoms with Crippen LogP contribution in [-0.4, -0.2) is 12.1 Å². The number of hydrogen-bond donors (Lipinski definition) is 1. The van der Waals surface area contributed by atoms with Crippen molar-refractivity contribution < 1.29 is 4.74 Å². The number of thiocarbonyl (C=S) groups is 1. The molecule has 0 aromatic heterocycles. The first-order valence-corrected chi connectivity index (χ1v) is 8.42. The molecule has 0 saturated carbocycles. The molecule has 116 valence electrons. The molecule has 1 saturated heterocycles. The van der Waals surface area contributed by atoms with Crippen molar-refractivity contribution >= 4 is 34.4 Å². The summed E-state index contributed by atoms with van der Waals surface area (Å²) in [5.74, 6) is 0.872. The van der Waals surface area contributed by atoms with E-state index in [2.05, 4.69) is 29.6 Å². The summed E-state index contributed by atoms with van der Waals surface area (Å²) in [6, 6.07) is 14.5. The van der Waals surface area contributed by atoms with E-state index in [1.54, 1.807) is 7.11 Å². The van der Waals surface area contributed by atoms with Crippen LogP contribution in [0.1, 0.15) is 35.6 Å². The van der Waals surface area contributed by atoms with Gasteiger partial charge >= 0.3 is 0 Å². The summed E-state index contributed by atoms with van der Waals surface area (Å²) in [7, 11) is 1.70. The molecule has 1 atom stereocenters. The molecule has 1 aliphatic heterocycles. The second-order valence-electron chi connectivity index (χ2n) is 5.86. The minimum atomic E-state index is 0.183. The third-order valence-corrected chi connectivity index (χ3v) is 5.14. The van der Waals surface area contributed by atoms with Gasteiger partial charge in [-0.2, -0.15) is 0 Å². The minimum absolute atomic E-state index is 0.183. The highest BCUT2D eigenvalue weighted by Gasteiger charge is 2.34. The molecule has 1 heterocycles. The molecule has 4 heteroatoms. The largest absolute Gasteiger partial charge is 0.497 e. The minimum Gasteiger partial charge on any atom is -0.497 e. The normalized spacial score (nSPS) is 19.2. The van der Waals surface area contributed by atoms with Crippen LogP contribution in [-0.2, 0) is 0 Å². The van der Waals surface area contributed by atoms with Crippen molar-refractivity contribution in [3.63, 3.8) is 0 Å². The molecule has 0 bridgehead atoms. The number of methoxy groups -OCH3 is 1. The van der Waals surface area contributed by atoms with E-state index in [1.165, 1.54) is 27.8 Å². The number of piperidine rings is 1. The van der Waals surface area contributed by atoms with Gasteiger partial charge in [0.05, 0.1) is 18.1 Å². The molecule has 0 spiro atoms. The fourth-order valence-electron chi connectivity index (χ4n) is 3.51. The molecule has 2 aromatic carbocycles. The van der Waals surface area contributed by atoms with Gasteiger partial charge in [0.1, 0.15) is 5.75 Å². The van der Waals surface area contributed by atoms with Crippen LogP contribution in [0.2, 0.25) is 5.02 Å². The molecule has 0 radical (unpaired) electrons. The zero-order chi connectivity index (χ0) is 16.0. The van der Waals surface area contributed by atoms with Crippen LogP contribution in [0.15, 0.2) is 48.0 Å². The summed E-state index contributed by atoms with van der Waals surface area (Å²) in [6.45, 7) is 0. The maximum Gasteiger partial charge on any atom is 0.119 e. The van der Waals surface area contributed by atoms with Gasteiger partial charge in [-0.15, -0.1) is 0 Å². The molecular weight excluding hydrogens is 326 g/mol. The lowest BCUT2D eigenvalue weighted by Crippen LogP contribution is -2.31. The van der Waals surface area contributed by atoms with E-state index < -0.39 is 0 Å². The second kappa shape index (κ2) is 5.66. The average Bonchev–Trinajstić information content (AvgIpc) is 2.88. The Balaban J connectivity index is 1.92. The number of nitrogens with one attached hydrogen (secondary N) is 1. The monoisotopic (exact) mass is 341 g/mol. The highest BCUT2D eigenvalue weighted by molar-refractivity contribution is 7.80. The van der Waals surface area contributed by atoms with E-state index in [4.69, 9.17) is 28.6 Å². The van der Waals surface area contributed by atoms with Crippen molar-refractivity contribution in [1.29, 1.82) is 0 Å². The van der Waals surface area contributed by atoms with Gasteiger partial charge in [0.15, 0.2) is 0 Å². The first-order chi connectivity index (χ1) is 11.2. The summed E-state index contributed by atoms with van der Waals surface area (Å²) >= 11 is 11.5. The van der Waals surface area contributed by atoms with Crippen molar-refractivity contribution in [1.82, 2.24) is 5.32 Å². The van der Waals surface area contributed by atoms with E-state index in [0.717, 1.165) is 28.6 Å². The van der Waals surface area contributed by atoms with Crippen LogP contribution in [0, 0.1) is 0 Å². The van der Waals surface area contributed by atoms with Crippen LogP contribution in [0.3, 0.4) is 0 Å². The van der Waals surface area contributed by atoms with Crippen molar-refractivity contribution in [3.8, 4) is 5.75 Å². The molecule has 2 aromatic rings. The van der Waals surface area contributed by atoms with E-state index in [-0.39, 0.29) is 6.04 Å². The van der Waals surface area contributed by atoms with Crippen LogP contribution in [0.5, 0.6) is 5.75 Å². The van der Waals surface area contributed by atoms with E-state index in [9.17, 15) is 0 Å². The van der Waals surface area contributed by atoms with Crippen molar-refractivity contribution in [2.24, 2.45) is 0 Å². The van der Waals surface area contributed by atoms with Gasteiger partial charge in [-0.05, 0) is 58.5 Å². The summed E-state index contributed by atoms with van der Waals surface area (Å²) in [5.41, 5.74) is 6.38. The number of benzene rings is 2. The van der Waals surface area contributed by atoms with Crippen molar-refractivity contribution in [2.45, 2.75) is 18.9 Å². The number of halogens is 1. The van der Waals surface area contributed by atoms with Gasteiger partial charge in [0.2, 0.25) is 0 Å². The van der Waals surface area contributed by atoms with Crippen LogP contribution in [0.4, 0.5) is 0 Å². The summed E-state index contributed by atoms with van der Waals surface area (Å²) in [4.78, 5) is 0.942. The van der Waals surface area contributed by atoms with Crippen molar-refractivity contribution in [3.05, 3.63) is 69.8 Å². The smallest absolute Gasteiger partial charge is 0.119 e. The zero-order valence-corrected chi connectivity index (χ0v) is 14.3. The predicted octanol–water partition coefficient (Wildman–Crippen LogP) is 4.92. The van der Waals surface area contributed by atoms with Crippen LogP contribution in [0.25, 0.3) is 5.57 Å². The Morgan fingerprint density at radius 2 is 1.91 bits per heavy atom. The molecule has 2 nitrogen and oxygen atoms in total. The average molecular weight is 342 g/mol. The lowest BCUT2D eigenvalue weighted by atomic mass is 9.93. The maximum atomic E-state index is 6.06. The summed E-state index contributed by atoms with van der Waals surface area (Å²) in [5, 5.41) is 4.24. The van der Waals surface area contributed by atoms with E-state index >= 15 is 0 Å². The Labute approximate surface area is 146 Å². The Hall–Kier alpha value is -1.84. The first-order valence-electron chi connectivity index (χ1n) is 7.64. The summed E-state index contributed by atoms with van der Waals surface area (Å²) < 4.78 is 5.43. The SMILES string of the molecule is COc1ccc2c(c1)C(c1ccc(Cl)cc1)=C1CCC(=S)NC12. The van der Waals surface area contributed by atoms with E-state index in [0.29, 0.717) is 0 Å². The fraction of sp³-hybridized carbons (Fsp3) is 0.211. The lowest BCUT2D eigenvalue weighted by Gasteiger charge is -2.26. The Morgan fingerprint density at radius 3 is 2.65 bits per heavy atom. The first kappa shape index (κ1) is 14.7. The Morgan fingerprint density at radius 1 is 1.13 bits per heavy atom. The zero-order valence-electron chi connectivity index (χ0n) is 12.7. The Bertz CT molecular complexity index is 826.